The summed E-state index contributed by atoms with van der Waals surface area (Å²) in [5.41, 5.74) is 2.06. The molecule has 6 heteroatoms. The largest absolute Gasteiger partial charge is 0.494 e. The molecule has 2 aliphatic heterocycles. The number of benzene rings is 1. The van der Waals surface area contributed by atoms with Crippen LogP contribution in [0.15, 0.2) is 18.2 Å². The zero-order chi connectivity index (χ0) is 14.5. The van der Waals surface area contributed by atoms with Gasteiger partial charge >= 0.3 is 7.12 Å². The summed E-state index contributed by atoms with van der Waals surface area (Å²) in [4.78, 5) is 10.8. The lowest BCUT2D eigenvalue weighted by Gasteiger charge is -2.32. The first-order chi connectivity index (χ1) is 9.32. The molecule has 2 aliphatic rings. The van der Waals surface area contributed by atoms with Gasteiger partial charge in [-0.05, 0) is 45.3 Å². The van der Waals surface area contributed by atoms with E-state index in [9.17, 15) is 4.79 Å². The minimum absolute atomic E-state index is 0.353. The van der Waals surface area contributed by atoms with E-state index < -0.39 is 0 Å². The predicted molar refractivity (Wildman–Crippen MR) is 79.3 cm³/mol. The first kappa shape index (κ1) is 13.5. The molecule has 2 heterocycles. The van der Waals surface area contributed by atoms with Crippen molar-refractivity contribution in [2.75, 3.05) is 10.6 Å². The lowest BCUT2D eigenvalue weighted by atomic mass is 9.79. The van der Waals surface area contributed by atoms with Crippen LogP contribution in [-0.2, 0) is 14.1 Å². The van der Waals surface area contributed by atoms with Crippen molar-refractivity contribution in [2.45, 2.75) is 45.1 Å². The lowest BCUT2D eigenvalue weighted by Crippen LogP contribution is -2.41. The van der Waals surface area contributed by atoms with Crippen LogP contribution in [0.2, 0.25) is 0 Å². The second-order valence-electron chi connectivity index (χ2n) is 6.30. The summed E-state index contributed by atoms with van der Waals surface area (Å²) in [5, 5.41) is 6.17. The van der Waals surface area contributed by atoms with Crippen LogP contribution in [-0.4, -0.2) is 30.8 Å². The molecule has 5 nitrogen and oxygen atoms in total. The average Bonchev–Trinajstić information content (AvgIpc) is 2.87. The Morgan fingerprint density at radius 2 is 1.70 bits per heavy atom. The molecule has 0 aromatic heterocycles. The van der Waals surface area contributed by atoms with Gasteiger partial charge in [-0.15, -0.1) is 0 Å². The number of anilines is 2. The van der Waals surface area contributed by atoms with Crippen LogP contribution in [0.25, 0.3) is 0 Å². The van der Waals surface area contributed by atoms with Crippen molar-refractivity contribution in [1.82, 2.24) is 0 Å². The SMILES string of the molecule is CC1(C)OB(c2ccc3c(c2)NC(C=O)N3)OC1(C)C. The summed E-state index contributed by atoms with van der Waals surface area (Å²) in [5.74, 6) is 0. The molecule has 106 valence electrons. The lowest BCUT2D eigenvalue weighted by molar-refractivity contribution is -0.107. The molecule has 1 unspecified atom stereocenters. The molecule has 1 aromatic carbocycles. The maximum absolute atomic E-state index is 10.8. The van der Waals surface area contributed by atoms with Crippen LogP contribution in [0.4, 0.5) is 11.4 Å². The summed E-state index contributed by atoms with van der Waals surface area (Å²) in [6, 6.07) is 5.86. The fraction of sp³-hybridized carbons (Fsp3) is 0.500. The molecule has 0 saturated carbocycles. The first-order valence-corrected chi connectivity index (χ1v) is 6.80. The highest BCUT2D eigenvalue weighted by Crippen LogP contribution is 2.37. The van der Waals surface area contributed by atoms with Gasteiger partial charge in [0, 0.05) is 0 Å². The predicted octanol–water partition coefficient (Wildman–Crippen LogP) is 1.35. The fourth-order valence-electron chi connectivity index (χ4n) is 2.37. The van der Waals surface area contributed by atoms with Crippen LogP contribution in [0.3, 0.4) is 0 Å². The summed E-state index contributed by atoms with van der Waals surface area (Å²) in [6.07, 6.45) is 0.479. The van der Waals surface area contributed by atoms with Gasteiger partial charge in [0.15, 0.2) is 12.5 Å². The van der Waals surface area contributed by atoms with Gasteiger partial charge in [0.1, 0.15) is 0 Å². The van der Waals surface area contributed by atoms with Gasteiger partial charge in [0.2, 0.25) is 0 Å². The number of hydrogen-bond acceptors (Lipinski definition) is 5. The third kappa shape index (κ3) is 1.99. The average molecular weight is 274 g/mol. The Labute approximate surface area is 119 Å². The third-order valence-corrected chi connectivity index (χ3v) is 4.33. The molecule has 1 fully saturated rings. The Morgan fingerprint density at radius 1 is 1.10 bits per heavy atom. The Kier molecular flexibility index (Phi) is 2.85. The Hall–Kier alpha value is -1.53. The van der Waals surface area contributed by atoms with Crippen LogP contribution >= 0.6 is 0 Å². The van der Waals surface area contributed by atoms with Gasteiger partial charge in [-0.25, -0.2) is 0 Å². The molecule has 0 spiro atoms. The highest BCUT2D eigenvalue weighted by molar-refractivity contribution is 6.62. The van der Waals surface area contributed by atoms with Gasteiger partial charge in [-0.3, -0.25) is 4.79 Å². The molecule has 0 bridgehead atoms. The van der Waals surface area contributed by atoms with Crippen molar-refractivity contribution in [3.63, 3.8) is 0 Å². The Bertz CT molecular complexity index is 543. The number of fused-ring (bicyclic) bond motifs is 1. The Morgan fingerprint density at radius 3 is 2.30 bits per heavy atom. The number of nitrogens with one attached hydrogen (secondary N) is 2. The summed E-state index contributed by atoms with van der Waals surface area (Å²) < 4.78 is 12.0. The topological polar surface area (TPSA) is 59.6 Å². The molecular weight excluding hydrogens is 255 g/mol. The van der Waals surface area contributed by atoms with E-state index in [1.54, 1.807) is 0 Å². The number of rotatable bonds is 2. The van der Waals surface area contributed by atoms with Crippen molar-refractivity contribution in [1.29, 1.82) is 0 Å². The van der Waals surface area contributed by atoms with Gasteiger partial charge in [0.25, 0.3) is 0 Å². The minimum atomic E-state index is -0.387. The van der Waals surface area contributed by atoms with Gasteiger partial charge in [0.05, 0.1) is 22.6 Å². The van der Waals surface area contributed by atoms with Crippen LogP contribution in [0, 0.1) is 0 Å². The van der Waals surface area contributed by atoms with E-state index in [1.807, 2.05) is 45.9 Å². The van der Waals surface area contributed by atoms with Gasteiger partial charge < -0.3 is 19.9 Å². The standard InChI is InChI=1S/C14H19BN2O3/c1-13(2)14(3,4)20-15(19-13)9-5-6-10-11(7-9)17-12(8-18)16-10/h5-8,12,16-17H,1-4H3. The maximum Gasteiger partial charge on any atom is 0.494 e. The van der Waals surface area contributed by atoms with Gasteiger partial charge in [-0.2, -0.15) is 0 Å². The van der Waals surface area contributed by atoms with E-state index in [0.717, 1.165) is 23.1 Å². The monoisotopic (exact) mass is 274 g/mol. The van der Waals surface area contributed by atoms with Crippen molar-refractivity contribution < 1.29 is 14.1 Å². The molecule has 0 amide bonds. The maximum atomic E-state index is 10.8. The van der Waals surface area contributed by atoms with Crippen molar-refractivity contribution in [3.05, 3.63) is 18.2 Å². The second-order valence-corrected chi connectivity index (χ2v) is 6.30. The van der Waals surface area contributed by atoms with Crippen molar-refractivity contribution in [3.8, 4) is 0 Å². The molecule has 1 saturated heterocycles. The third-order valence-electron chi connectivity index (χ3n) is 4.33. The van der Waals surface area contributed by atoms with E-state index in [2.05, 4.69) is 10.6 Å². The van der Waals surface area contributed by atoms with E-state index in [0.29, 0.717) is 0 Å². The van der Waals surface area contributed by atoms with Gasteiger partial charge in [-0.1, -0.05) is 6.07 Å². The number of carbonyl (C=O) groups is 1. The van der Waals surface area contributed by atoms with Crippen molar-refractivity contribution >= 4 is 30.2 Å². The highest BCUT2D eigenvalue weighted by atomic mass is 16.7. The van der Waals surface area contributed by atoms with E-state index in [-0.39, 0.29) is 24.5 Å². The fourth-order valence-corrected chi connectivity index (χ4v) is 2.37. The molecule has 0 radical (unpaired) electrons. The smallest absolute Gasteiger partial charge is 0.399 e. The zero-order valence-corrected chi connectivity index (χ0v) is 12.2. The summed E-state index contributed by atoms with van der Waals surface area (Å²) in [7, 11) is -0.387. The number of aldehydes is 1. The summed E-state index contributed by atoms with van der Waals surface area (Å²) >= 11 is 0. The van der Waals surface area contributed by atoms with Crippen LogP contribution in [0.1, 0.15) is 27.7 Å². The molecule has 0 aliphatic carbocycles. The van der Waals surface area contributed by atoms with E-state index in [4.69, 9.17) is 9.31 Å². The van der Waals surface area contributed by atoms with Crippen molar-refractivity contribution in [2.24, 2.45) is 0 Å². The number of hydrogen-bond donors (Lipinski definition) is 2. The van der Waals surface area contributed by atoms with Crippen LogP contribution < -0.4 is 16.1 Å². The highest BCUT2D eigenvalue weighted by Gasteiger charge is 2.51. The molecular formula is C14H19BN2O3. The molecule has 1 aromatic rings. The normalized spacial score (nSPS) is 25.8. The first-order valence-electron chi connectivity index (χ1n) is 6.80. The van der Waals surface area contributed by atoms with E-state index >= 15 is 0 Å². The second kappa shape index (κ2) is 4.23. The molecule has 1 atom stereocenters. The molecule has 3 rings (SSSR count). The Balaban J connectivity index is 1.86. The van der Waals surface area contributed by atoms with Crippen LogP contribution in [0.5, 0.6) is 0 Å². The molecule has 2 N–H and O–H groups in total. The number of carbonyl (C=O) groups excluding carboxylic acids is 1. The summed E-state index contributed by atoms with van der Waals surface area (Å²) in [6.45, 7) is 8.12. The minimum Gasteiger partial charge on any atom is -0.399 e. The quantitative estimate of drug-likeness (QED) is 0.629. The zero-order valence-electron chi connectivity index (χ0n) is 12.2. The van der Waals surface area contributed by atoms with E-state index in [1.165, 1.54) is 0 Å². The molecule has 20 heavy (non-hydrogen) atoms.